The van der Waals surface area contributed by atoms with Crippen LogP contribution in [0.15, 0.2) is 67.3 Å². The van der Waals surface area contributed by atoms with Crippen LogP contribution in [0.25, 0.3) is 0 Å². The van der Waals surface area contributed by atoms with Crippen LogP contribution in [0.3, 0.4) is 0 Å². The number of pyridine rings is 2. The number of nitrogens with one attached hydrogen (secondary N) is 2. The number of rotatable bonds is 8. The summed E-state index contributed by atoms with van der Waals surface area (Å²) < 4.78 is 0. The molecule has 6 heteroatoms. The predicted molar refractivity (Wildman–Crippen MR) is 114 cm³/mol. The highest BCUT2D eigenvalue weighted by molar-refractivity contribution is 6.04. The summed E-state index contributed by atoms with van der Waals surface area (Å²) in [4.78, 5) is 23.0. The van der Waals surface area contributed by atoms with Crippen LogP contribution in [0.4, 0.5) is 17.1 Å². The lowest BCUT2D eigenvalue weighted by Gasteiger charge is -2.21. The van der Waals surface area contributed by atoms with Gasteiger partial charge in [0.2, 0.25) is 0 Å². The first kappa shape index (κ1) is 19.4. The highest BCUT2D eigenvalue weighted by atomic mass is 16.1. The zero-order valence-corrected chi connectivity index (χ0v) is 16.2. The Kier molecular flexibility index (Phi) is 6.57. The number of carbonyl (C=O) groups excluding carboxylic acids is 1. The molecule has 28 heavy (non-hydrogen) atoms. The molecule has 0 saturated heterocycles. The van der Waals surface area contributed by atoms with Crippen molar-refractivity contribution in [2.45, 2.75) is 20.4 Å². The molecule has 0 bridgehead atoms. The number of hydrogen-bond acceptors (Lipinski definition) is 5. The summed E-state index contributed by atoms with van der Waals surface area (Å²) in [5.41, 5.74) is 4.31. The van der Waals surface area contributed by atoms with E-state index in [0.29, 0.717) is 12.1 Å². The molecule has 2 heterocycles. The third kappa shape index (κ3) is 5.07. The number of aromatic nitrogens is 2. The van der Waals surface area contributed by atoms with Gasteiger partial charge in [-0.15, -0.1) is 0 Å². The third-order valence-electron chi connectivity index (χ3n) is 4.50. The predicted octanol–water partition coefficient (Wildman–Crippen LogP) is 4.19. The second-order valence-electron chi connectivity index (χ2n) is 6.34. The SMILES string of the molecule is CCN(CC)c1ccc(NC(=O)c2cncc(NCc3ccncc3)c2)cc1. The molecule has 0 aliphatic rings. The number of benzene rings is 1. The molecule has 0 spiro atoms. The first-order valence-corrected chi connectivity index (χ1v) is 9.43. The molecule has 3 rings (SSSR count). The smallest absolute Gasteiger partial charge is 0.257 e. The van der Waals surface area contributed by atoms with Gasteiger partial charge in [-0.05, 0) is 61.9 Å². The van der Waals surface area contributed by atoms with Gasteiger partial charge in [0.05, 0.1) is 11.3 Å². The Morgan fingerprint density at radius 1 is 0.929 bits per heavy atom. The van der Waals surface area contributed by atoms with E-state index in [2.05, 4.69) is 39.3 Å². The van der Waals surface area contributed by atoms with Gasteiger partial charge in [-0.2, -0.15) is 0 Å². The molecule has 0 aliphatic carbocycles. The molecular formula is C22H25N5O. The van der Waals surface area contributed by atoms with Crippen molar-refractivity contribution >= 4 is 23.0 Å². The van der Waals surface area contributed by atoms with Crippen LogP contribution in [-0.2, 0) is 6.54 Å². The Labute approximate surface area is 165 Å². The topological polar surface area (TPSA) is 70.2 Å². The third-order valence-corrected chi connectivity index (χ3v) is 4.50. The number of hydrogen-bond donors (Lipinski definition) is 2. The Hall–Kier alpha value is -3.41. The molecular weight excluding hydrogens is 350 g/mol. The summed E-state index contributed by atoms with van der Waals surface area (Å²) in [6.45, 7) is 6.80. The molecule has 0 atom stereocenters. The molecule has 2 N–H and O–H groups in total. The highest BCUT2D eigenvalue weighted by Crippen LogP contribution is 2.19. The second-order valence-corrected chi connectivity index (χ2v) is 6.34. The molecule has 6 nitrogen and oxygen atoms in total. The van der Waals surface area contributed by atoms with Crippen molar-refractivity contribution in [2.24, 2.45) is 0 Å². The summed E-state index contributed by atoms with van der Waals surface area (Å²) in [5, 5.41) is 6.20. The van der Waals surface area contributed by atoms with E-state index >= 15 is 0 Å². The average molecular weight is 375 g/mol. The van der Waals surface area contributed by atoms with Crippen molar-refractivity contribution < 1.29 is 4.79 Å². The van der Waals surface area contributed by atoms with E-state index in [9.17, 15) is 4.79 Å². The maximum atomic E-state index is 12.6. The summed E-state index contributed by atoms with van der Waals surface area (Å²) in [6.07, 6.45) is 6.78. The Balaban J connectivity index is 1.62. The van der Waals surface area contributed by atoms with Gasteiger partial charge in [0.15, 0.2) is 0 Å². The van der Waals surface area contributed by atoms with Crippen molar-refractivity contribution in [1.82, 2.24) is 9.97 Å². The van der Waals surface area contributed by atoms with Gasteiger partial charge < -0.3 is 15.5 Å². The van der Waals surface area contributed by atoms with Crippen LogP contribution in [0.2, 0.25) is 0 Å². The molecule has 0 fully saturated rings. The molecule has 1 amide bonds. The van der Waals surface area contributed by atoms with Crippen molar-refractivity contribution in [1.29, 1.82) is 0 Å². The quantitative estimate of drug-likeness (QED) is 0.618. The van der Waals surface area contributed by atoms with Crippen LogP contribution in [0.5, 0.6) is 0 Å². The van der Waals surface area contributed by atoms with Gasteiger partial charge in [-0.1, -0.05) is 0 Å². The van der Waals surface area contributed by atoms with Gasteiger partial charge in [-0.3, -0.25) is 14.8 Å². The van der Waals surface area contributed by atoms with E-state index in [0.717, 1.165) is 35.7 Å². The van der Waals surface area contributed by atoms with Crippen molar-refractivity contribution in [3.8, 4) is 0 Å². The minimum Gasteiger partial charge on any atom is -0.380 e. The average Bonchev–Trinajstić information content (AvgIpc) is 2.75. The molecule has 3 aromatic rings. The van der Waals surface area contributed by atoms with Crippen LogP contribution in [0, 0.1) is 0 Å². The summed E-state index contributed by atoms with van der Waals surface area (Å²) in [7, 11) is 0. The molecule has 0 saturated carbocycles. The largest absolute Gasteiger partial charge is 0.380 e. The fraction of sp³-hybridized carbons (Fsp3) is 0.227. The summed E-state index contributed by atoms with van der Waals surface area (Å²) in [6, 6.07) is 13.6. The molecule has 0 unspecified atom stereocenters. The molecule has 2 aromatic heterocycles. The van der Waals surface area contributed by atoms with Crippen molar-refractivity contribution in [2.75, 3.05) is 28.6 Å². The number of carbonyl (C=O) groups is 1. The Morgan fingerprint density at radius 3 is 2.32 bits per heavy atom. The molecule has 144 valence electrons. The van der Waals surface area contributed by atoms with Crippen LogP contribution < -0.4 is 15.5 Å². The minimum atomic E-state index is -0.185. The first-order chi connectivity index (χ1) is 13.7. The lowest BCUT2D eigenvalue weighted by Crippen LogP contribution is -2.21. The van der Waals surface area contributed by atoms with E-state index < -0.39 is 0 Å². The van der Waals surface area contributed by atoms with E-state index in [1.54, 1.807) is 30.9 Å². The number of nitrogens with zero attached hydrogens (tertiary/aromatic N) is 3. The maximum Gasteiger partial charge on any atom is 0.257 e. The first-order valence-electron chi connectivity index (χ1n) is 9.43. The molecule has 0 aliphatic heterocycles. The van der Waals surface area contributed by atoms with E-state index in [-0.39, 0.29) is 5.91 Å². The zero-order chi connectivity index (χ0) is 19.8. The van der Waals surface area contributed by atoms with Gasteiger partial charge in [-0.25, -0.2) is 0 Å². The van der Waals surface area contributed by atoms with Crippen LogP contribution >= 0.6 is 0 Å². The van der Waals surface area contributed by atoms with Crippen molar-refractivity contribution in [3.05, 3.63) is 78.4 Å². The zero-order valence-electron chi connectivity index (χ0n) is 16.2. The van der Waals surface area contributed by atoms with Gasteiger partial charge in [0.1, 0.15) is 0 Å². The van der Waals surface area contributed by atoms with Gasteiger partial charge >= 0.3 is 0 Å². The Bertz CT molecular complexity index is 892. The monoisotopic (exact) mass is 375 g/mol. The molecule has 0 radical (unpaired) electrons. The summed E-state index contributed by atoms with van der Waals surface area (Å²) in [5.74, 6) is -0.185. The number of anilines is 3. The van der Waals surface area contributed by atoms with E-state index in [1.807, 2.05) is 36.4 Å². The lowest BCUT2D eigenvalue weighted by molar-refractivity contribution is 0.102. The van der Waals surface area contributed by atoms with Crippen molar-refractivity contribution in [3.63, 3.8) is 0 Å². The molecule has 1 aromatic carbocycles. The second kappa shape index (κ2) is 9.50. The Morgan fingerprint density at radius 2 is 1.64 bits per heavy atom. The van der Waals surface area contributed by atoms with Gasteiger partial charge in [0.25, 0.3) is 5.91 Å². The van der Waals surface area contributed by atoms with E-state index in [4.69, 9.17) is 0 Å². The lowest BCUT2D eigenvalue weighted by atomic mass is 10.2. The van der Waals surface area contributed by atoms with Gasteiger partial charge in [0, 0.05) is 55.8 Å². The minimum absolute atomic E-state index is 0.185. The van der Waals surface area contributed by atoms with E-state index in [1.165, 1.54) is 0 Å². The van der Waals surface area contributed by atoms with Crippen LogP contribution in [-0.4, -0.2) is 29.0 Å². The maximum absolute atomic E-state index is 12.6. The van der Waals surface area contributed by atoms with Crippen LogP contribution in [0.1, 0.15) is 29.8 Å². The standard InChI is InChI=1S/C22H25N5O/c1-3-27(4-2)21-7-5-19(6-8-21)26-22(28)18-13-20(16-24-15-18)25-14-17-9-11-23-12-10-17/h5-13,15-16,25H,3-4,14H2,1-2H3,(H,26,28). The number of amides is 1. The fourth-order valence-electron chi connectivity index (χ4n) is 2.91. The highest BCUT2D eigenvalue weighted by Gasteiger charge is 2.09. The normalized spacial score (nSPS) is 10.4. The fourth-order valence-corrected chi connectivity index (χ4v) is 2.91. The summed E-state index contributed by atoms with van der Waals surface area (Å²) >= 11 is 0.